The van der Waals surface area contributed by atoms with Crippen molar-refractivity contribution >= 4 is 28.9 Å². The zero-order valence-corrected chi connectivity index (χ0v) is 18.9. The van der Waals surface area contributed by atoms with E-state index in [4.69, 9.17) is 4.74 Å². The van der Waals surface area contributed by atoms with E-state index in [1.165, 1.54) is 0 Å². The number of rotatable bonds is 6. The number of anilines is 3. The monoisotopic (exact) mass is 444 g/mol. The topological polar surface area (TPSA) is 73.9 Å². The molecule has 1 heterocycles. The van der Waals surface area contributed by atoms with Gasteiger partial charge < -0.3 is 25.2 Å². The molecule has 1 saturated heterocycles. The van der Waals surface area contributed by atoms with Crippen LogP contribution in [0, 0.1) is 0 Å². The van der Waals surface area contributed by atoms with Gasteiger partial charge in [-0.2, -0.15) is 0 Å². The van der Waals surface area contributed by atoms with E-state index in [0.29, 0.717) is 28.3 Å². The number of ether oxygens (including phenoxy) is 1. The molecule has 2 N–H and O–H groups in total. The highest BCUT2D eigenvalue weighted by atomic mass is 16.5. The minimum Gasteiger partial charge on any atom is -0.497 e. The second-order valence-electron chi connectivity index (χ2n) is 8.02. The molecule has 0 aliphatic carbocycles. The number of nitrogens with zero attached hydrogens (tertiary/aromatic N) is 2. The summed E-state index contributed by atoms with van der Waals surface area (Å²) in [7, 11) is 3.71. The predicted molar refractivity (Wildman–Crippen MR) is 131 cm³/mol. The fourth-order valence-electron chi connectivity index (χ4n) is 3.75. The van der Waals surface area contributed by atoms with Gasteiger partial charge in [-0.25, -0.2) is 0 Å². The normalized spacial score (nSPS) is 13.9. The zero-order chi connectivity index (χ0) is 23.2. The largest absolute Gasteiger partial charge is 0.497 e. The number of hydrogen-bond acceptors (Lipinski definition) is 5. The Bertz CT molecular complexity index is 1110. The number of carbonyl (C=O) groups excluding carboxylic acids is 2. The Labute approximate surface area is 194 Å². The SMILES string of the molecule is COc1ccc(C(=O)Nc2ccccc2C(=O)Nc2ccc(N3CCN(C)CC3)cc2)cc1. The van der Waals surface area contributed by atoms with Crippen LogP contribution in [0.2, 0.25) is 0 Å². The molecule has 1 aliphatic heterocycles. The van der Waals surface area contributed by atoms with Crippen molar-refractivity contribution in [1.29, 1.82) is 0 Å². The number of para-hydroxylation sites is 1. The molecule has 0 aromatic heterocycles. The molecule has 0 atom stereocenters. The lowest BCUT2D eigenvalue weighted by Crippen LogP contribution is -2.44. The molecule has 0 saturated carbocycles. The van der Waals surface area contributed by atoms with Crippen LogP contribution in [-0.2, 0) is 0 Å². The smallest absolute Gasteiger partial charge is 0.257 e. The van der Waals surface area contributed by atoms with Gasteiger partial charge in [0.25, 0.3) is 11.8 Å². The molecule has 7 nitrogen and oxygen atoms in total. The van der Waals surface area contributed by atoms with Crippen LogP contribution in [0.25, 0.3) is 0 Å². The summed E-state index contributed by atoms with van der Waals surface area (Å²) in [5.41, 5.74) is 3.17. The standard InChI is InChI=1S/C26H28N4O3/c1-29-15-17-30(18-16-29)21-11-9-20(10-12-21)27-26(32)23-5-3-4-6-24(23)28-25(31)19-7-13-22(33-2)14-8-19/h3-14H,15-18H2,1-2H3,(H,27,32)(H,28,31). The van der Waals surface area contributed by atoms with Gasteiger partial charge in [-0.15, -0.1) is 0 Å². The first kappa shape index (κ1) is 22.4. The summed E-state index contributed by atoms with van der Waals surface area (Å²) in [6.45, 7) is 4.06. The van der Waals surface area contributed by atoms with Crippen LogP contribution < -0.4 is 20.3 Å². The Hall–Kier alpha value is -3.84. The fourth-order valence-corrected chi connectivity index (χ4v) is 3.75. The Balaban J connectivity index is 1.43. The number of nitrogens with one attached hydrogen (secondary N) is 2. The molecule has 170 valence electrons. The van der Waals surface area contributed by atoms with Gasteiger partial charge in [-0.1, -0.05) is 12.1 Å². The van der Waals surface area contributed by atoms with Gasteiger partial charge in [0.05, 0.1) is 18.4 Å². The molecule has 4 rings (SSSR count). The summed E-state index contributed by atoms with van der Waals surface area (Å²) >= 11 is 0. The Kier molecular flexibility index (Phi) is 6.90. The third kappa shape index (κ3) is 5.51. The van der Waals surface area contributed by atoms with Crippen LogP contribution in [0.3, 0.4) is 0 Å². The molecular formula is C26H28N4O3. The molecular weight excluding hydrogens is 416 g/mol. The van der Waals surface area contributed by atoms with E-state index in [-0.39, 0.29) is 11.8 Å². The third-order valence-corrected chi connectivity index (χ3v) is 5.77. The zero-order valence-electron chi connectivity index (χ0n) is 18.9. The van der Waals surface area contributed by atoms with Gasteiger partial charge in [0.1, 0.15) is 5.75 Å². The van der Waals surface area contributed by atoms with Crippen LogP contribution in [0.15, 0.2) is 72.8 Å². The molecule has 3 aromatic rings. The van der Waals surface area contributed by atoms with E-state index in [9.17, 15) is 9.59 Å². The maximum atomic E-state index is 13.0. The quantitative estimate of drug-likeness (QED) is 0.602. The van der Waals surface area contributed by atoms with E-state index >= 15 is 0 Å². The predicted octanol–water partition coefficient (Wildman–Crippen LogP) is 3.95. The minimum absolute atomic E-state index is 0.284. The third-order valence-electron chi connectivity index (χ3n) is 5.77. The lowest BCUT2D eigenvalue weighted by molar-refractivity contribution is 0.102. The summed E-state index contributed by atoms with van der Waals surface area (Å²) in [5.74, 6) is 0.0902. The summed E-state index contributed by atoms with van der Waals surface area (Å²) in [5, 5.41) is 5.77. The second-order valence-corrected chi connectivity index (χ2v) is 8.02. The van der Waals surface area contributed by atoms with Crippen molar-refractivity contribution in [2.45, 2.75) is 0 Å². The van der Waals surface area contributed by atoms with Crippen LogP contribution in [-0.4, -0.2) is 57.1 Å². The molecule has 2 amide bonds. The van der Waals surface area contributed by atoms with Crippen molar-refractivity contribution in [3.63, 3.8) is 0 Å². The second kappa shape index (κ2) is 10.2. The Morgan fingerprint density at radius 3 is 2.12 bits per heavy atom. The van der Waals surface area contributed by atoms with Gasteiger partial charge in [0.2, 0.25) is 0 Å². The van der Waals surface area contributed by atoms with E-state index in [0.717, 1.165) is 31.9 Å². The number of piperazine rings is 1. The lowest BCUT2D eigenvalue weighted by Gasteiger charge is -2.34. The summed E-state index contributed by atoms with van der Waals surface area (Å²) in [6, 6.07) is 21.6. The van der Waals surface area contributed by atoms with E-state index < -0.39 is 0 Å². The van der Waals surface area contributed by atoms with Gasteiger partial charge in [0, 0.05) is 43.1 Å². The van der Waals surface area contributed by atoms with Crippen LogP contribution in [0.5, 0.6) is 5.75 Å². The van der Waals surface area contributed by atoms with Crippen molar-refractivity contribution in [2.24, 2.45) is 0 Å². The molecule has 0 radical (unpaired) electrons. The van der Waals surface area contributed by atoms with Gasteiger partial charge in [-0.05, 0) is 67.7 Å². The number of likely N-dealkylation sites (N-methyl/N-ethyl adjacent to an activating group) is 1. The maximum Gasteiger partial charge on any atom is 0.257 e. The highest BCUT2D eigenvalue weighted by molar-refractivity contribution is 6.12. The first-order valence-electron chi connectivity index (χ1n) is 10.9. The number of hydrogen-bond donors (Lipinski definition) is 2. The van der Waals surface area contributed by atoms with Gasteiger partial charge in [0.15, 0.2) is 0 Å². The number of amides is 2. The van der Waals surface area contributed by atoms with Crippen LogP contribution in [0.1, 0.15) is 20.7 Å². The lowest BCUT2D eigenvalue weighted by atomic mass is 10.1. The molecule has 7 heteroatoms. The summed E-state index contributed by atoms with van der Waals surface area (Å²) < 4.78 is 5.13. The van der Waals surface area contributed by atoms with Crippen LogP contribution >= 0.6 is 0 Å². The molecule has 1 aliphatic rings. The van der Waals surface area contributed by atoms with E-state index in [1.54, 1.807) is 55.6 Å². The molecule has 0 spiro atoms. The maximum absolute atomic E-state index is 13.0. The molecule has 3 aromatic carbocycles. The van der Waals surface area contributed by atoms with Gasteiger partial charge >= 0.3 is 0 Å². The van der Waals surface area contributed by atoms with E-state index in [2.05, 4.69) is 27.5 Å². The molecule has 0 bridgehead atoms. The minimum atomic E-state index is -0.297. The van der Waals surface area contributed by atoms with Crippen molar-refractivity contribution in [3.05, 3.63) is 83.9 Å². The highest BCUT2D eigenvalue weighted by Gasteiger charge is 2.16. The van der Waals surface area contributed by atoms with Crippen molar-refractivity contribution in [2.75, 3.05) is 55.9 Å². The number of carbonyl (C=O) groups is 2. The molecule has 0 unspecified atom stereocenters. The number of methoxy groups -OCH3 is 1. The van der Waals surface area contributed by atoms with E-state index in [1.807, 2.05) is 24.3 Å². The summed E-state index contributed by atoms with van der Waals surface area (Å²) in [4.78, 5) is 30.3. The molecule has 33 heavy (non-hydrogen) atoms. The first-order valence-corrected chi connectivity index (χ1v) is 10.9. The Morgan fingerprint density at radius 2 is 1.45 bits per heavy atom. The van der Waals surface area contributed by atoms with Crippen molar-refractivity contribution < 1.29 is 14.3 Å². The Morgan fingerprint density at radius 1 is 0.788 bits per heavy atom. The highest BCUT2D eigenvalue weighted by Crippen LogP contribution is 2.22. The number of benzene rings is 3. The summed E-state index contributed by atoms with van der Waals surface area (Å²) in [6.07, 6.45) is 0. The first-order chi connectivity index (χ1) is 16.0. The van der Waals surface area contributed by atoms with Crippen LogP contribution in [0.4, 0.5) is 17.1 Å². The average molecular weight is 445 g/mol. The molecule has 1 fully saturated rings. The fraction of sp³-hybridized carbons (Fsp3) is 0.231. The van der Waals surface area contributed by atoms with Crippen molar-refractivity contribution in [1.82, 2.24) is 4.90 Å². The average Bonchev–Trinajstić information content (AvgIpc) is 2.85. The van der Waals surface area contributed by atoms with Crippen molar-refractivity contribution in [3.8, 4) is 5.75 Å². The van der Waals surface area contributed by atoms with Gasteiger partial charge in [-0.3, -0.25) is 9.59 Å².